The molecule has 2 aromatic heterocycles. The summed E-state index contributed by atoms with van der Waals surface area (Å²) in [5.74, 6) is 2.44. The van der Waals surface area contributed by atoms with Gasteiger partial charge in [-0.3, -0.25) is 4.98 Å². The van der Waals surface area contributed by atoms with E-state index in [1.165, 1.54) is 0 Å². The fourth-order valence-electron chi connectivity index (χ4n) is 3.36. The largest absolute Gasteiger partial charge is 0.497 e. The molecule has 8 heteroatoms. The predicted molar refractivity (Wildman–Crippen MR) is 123 cm³/mol. The highest BCUT2D eigenvalue weighted by Crippen LogP contribution is 2.32. The lowest BCUT2D eigenvalue weighted by Crippen LogP contribution is -1.91. The molecule has 3 aromatic carbocycles. The van der Waals surface area contributed by atoms with E-state index in [1.54, 1.807) is 37.6 Å². The minimum absolute atomic E-state index is 0.222. The van der Waals surface area contributed by atoms with Crippen molar-refractivity contribution in [3.8, 4) is 28.7 Å². The van der Waals surface area contributed by atoms with Gasteiger partial charge in [0.05, 0.1) is 12.6 Å². The average Bonchev–Trinajstić information content (AvgIpc) is 3.33. The fraction of sp³-hybridized carbons (Fsp3) is 0.0800. The molecule has 0 fully saturated rings. The van der Waals surface area contributed by atoms with Crippen LogP contribution in [0.5, 0.6) is 17.2 Å². The van der Waals surface area contributed by atoms with E-state index in [4.69, 9.17) is 13.9 Å². The van der Waals surface area contributed by atoms with E-state index in [0.29, 0.717) is 28.6 Å². The molecule has 0 bridgehead atoms. The molecular formula is C25H19FN4O3. The van der Waals surface area contributed by atoms with Gasteiger partial charge in [-0.2, -0.15) is 0 Å². The van der Waals surface area contributed by atoms with E-state index < -0.39 is 6.67 Å². The molecule has 0 aliphatic heterocycles. The van der Waals surface area contributed by atoms with Crippen molar-refractivity contribution in [3.05, 3.63) is 84.6 Å². The SMILES string of the molecule is COc1ccc2c(Oc3ccc(-c4nnc(Nc5cccc(CF)c5)o4)cc3)ccnc2c1. The van der Waals surface area contributed by atoms with Crippen LogP contribution >= 0.6 is 0 Å². The lowest BCUT2D eigenvalue weighted by molar-refractivity contribution is 0.415. The summed E-state index contributed by atoms with van der Waals surface area (Å²) in [6.07, 6.45) is 1.70. The van der Waals surface area contributed by atoms with Crippen LogP contribution in [0.15, 0.2) is 83.4 Å². The van der Waals surface area contributed by atoms with Gasteiger partial charge < -0.3 is 19.2 Å². The molecule has 5 aromatic rings. The van der Waals surface area contributed by atoms with Crippen LogP contribution in [-0.2, 0) is 6.67 Å². The maximum Gasteiger partial charge on any atom is 0.320 e. The summed E-state index contributed by atoms with van der Waals surface area (Å²) in [5, 5.41) is 12.0. The van der Waals surface area contributed by atoms with Crippen LogP contribution in [-0.4, -0.2) is 22.3 Å². The molecule has 0 saturated carbocycles. The molecule has 0 radical (unpaired) electrons. The van der Waals surface area contributed by atoms with Crippen LogP contribution in [0.25, 0.3) is 22.4 Å². The van der Waals surface area contributed by atoms with Gasteiger partial charge in [0.1, 0.15) is 23.9 Å². The van der Waals surface area contributed by atoms with Crippen molar-refractivity contribution in [2.24, 2.45) is 0 Å². The van der Waals surface area contributed by atoms with Crippen LogP contribution in [0, 0.1) is 0 Å². The molecule has 1 N–H and O–H groups in total. The summed E-state index contributed by atoms with van der Waals surface area (Å²) in [7, 11) is 1.62. The number of fused-ring (bicyclic) bond motifs is 1. The molecule has 0 aliphatic carbocycles. The highest BCUT2D eigenvalue weighted by atomic mass is 19.1. The summed E-state index contributed by atoms with van der Waals surface area (Å²) >= 11 is 0. The van der Waals surface area contributed by atoms with Gasteiger partial charge in [0.2, 0.25) is 5.89 Å². The lowest BCUT2D eigenvalue weighted by atomic mass is 10.2. The number of halogens is 1. The number of nitrogens with one attached hydrogen (secondary N) is 1. The maximum atomic E-state index is 12.8. The number of alkyl halides is 1. The van der Waals surface area contributed by atoms with Crippen molar-refractivity contribution in [1.82, 2.24) is 15.2 Å². The highest BCUT2D eigenvalue weighted by Gasteiger charge is 2.11. The third kappa shape index (κ3) is 4.45. The molecule has 0 unspecified atom stereocenters. The number of ether oxygens (including phenoxy) is 2. The molecular weight excluding hydrogens is 423 g/mol. The second kappa shape index (κ2) is 8.96. The van der Waals surface area contributed by atoms with Crippen molar-refractivity contribution >= 4 is 22.6 Å². The van der Waals surface area contributed by atoms with Crippen LogP contribution < -0.4 is 14.8 Å². The summed E-state index contributed by atoms with van der Waals surface area (Å²) in [6, 6.07) is 22.0. The zero-order valence-electron chi connectivity index (χ0n) is 17.7. The molecule has 0 spiro atoms. The molecule has 0 atom stereocenters. The van der Waals surface area contributed by atoms with Crippen molar-refractivity contribution < 1.29 is 18.3 Å². The van der Waals surface area contributed by atoms with Gasteiger partial charge in [-0.05, 0) is 60.2 Å². The Hall–Kier alpha value is -4.46. The number of aromatic nitrogens is 3. The van der Waals surface area contributed by atoms with Gasteiger partial charge in [-0.25, -0.2) is 4.39 Å². The normalized spacial score (nSPS) is 10.8. The molecule has 164 valence electrons. The van der Waals surface area contributed by atoms with Gasteiger partial charge in [0.25, 0.3) is 0 Å². The standard InChI is InChI=1S/C25H19FN4O3/c1-31-20-9-10-21-22(14-20)27-12-11-23(21)32-19-7-5-17(6-8-19)24-29-30-25(33-24)28-18-4-2-3-16(13-18)15-26/h2-14H,15H2,1H3,(H,28,30). The molecule has 33 heavy (non-hydrogen) atoms. The average molecular weight is 442 g/mol. The molecule has 0 aliphatic rings. The third-order valence-electron chi connectivity index (χ3n) is 5.00. The molecule has 5 rings (SSSR count). The number of pyridine rings is 1. The first-order chi connectivity index (χ1) is 16.2. The molecule has 2 heterocycles. The van der Waals surface area contributed by atoms with Gasteiger partial charge in [-0.15, -0.1) is 5.10 Å². The zero-order chi connectivity index (χ0) is 22.6. The quantitative estimate of drug-likeness (QED) is 0.317. The Morgan fingerprint density at radius 2 is 1.79 bits per heavy atom. The number of anilines is 2. The minimum atomic E-state index is -0.539. The molecule has 7 nitrogen and oxygen atoms in total. The van der Waals surface area contributed by atoms with E-state index in [1.807, 2.05) is 48.5 Å². The summed E-state index contributed by atoms with van der Waals surface area (Å²) in [4.78, 5) is 4.38. The van der Waals surface area contributed by atoms with Gasteiger partial charge >= 0.3 is 6.01 Å². The van der Waals surface area contributed by atoms with E-state index in [0.717, 1.165) is 22.2 Å². The van der Waals surface area contributed by atoms with Crippen LogP contribution in [0.1, 0.15) is 5.56 Å². The summed E-state index contributed by atoms with van der Waals surface area (Å²) in [6.45, 7) is -0.539. The predicted octanol–water partition coefficient (Wildman–Crippen LogP) is 6.30. The maximum absolute atomic E-state index is 12.8. The smallest absolute Gasteiger partial charge is 0.320 e. The Labute approximate surface area is 188 Å². The summed E-state index contributed by atoms with van der Waals surface area (Å²) in [5.41, 5.74) is 2.76. The van der Waals surface area contributed by atoms with Crippen LogP contribution in [0.4, 0.5) is 16.1 Å². The van der Waals surface area contributed by atoms with E-state index in [2.05, 4.69) is 20.5 Å². The number of rotatable bonds is 7. The van der Waals surface area contributed by atoms with Gasteiger partial charge in [0.15, 0.2) is 0 Å². The van der Waals surface area contributed by atoms with Crippen molar-refractivity contribution in [3.63, 3.8) is 0 Å². The van der Waals surface area contributed by atoms with Crippen molar-refractivity contribution in [1.29, 1.82) is 0 Å². The highest BCUT2D eigenvalue weighted by molar-refractivity contribution is 5.86. The zero-order valence-corrected chi connectivity index (χ0v) is 17.7. The Kier molecular flexibility index (Phi) is 5.55. The second-order valence-electron chi connectivity index (χ2n) is 7.19. The number of benzene rings is 3. The number of hydrogen-bond acceptors (Lipinski definition) is 7. The van der Waals surface area contributed by atoms with Crippen LogP contribution in [0.3, 0.4) is 0 Å². The number of nitrogens with zero attached hydrogens (tertiary/aromatic N) is 3. The first-order valence-electron chi connectivity index (χ1n) is 10.2. The van der Waals surface area contributed by atoms with Crippen molar-refractivity contribution in [2.75, 3.05) is 12.4 Å². The van der Waals surface area contributed by atoms with E-state index in [9.17, 15) is 4.39 Å². The van der Waals surface area contributed by atoms with E-state index in [-0.39, 0.29) is 6.01 Å². The third-order valence-corrected chi connectivity index (χ3v) is 5.00. The Balaban J connectivity index is 1.32. The molecule has 0 amide bonds. The Morgan fingerprint density at radius 3 is 2.61 bits per heavy atom. The monoisotopic (exact) mass is 442 g/mol. The van der Waals surface area contributed by atoms with Gasteiger partial charge in [-0.1, -0.05) is 17.2 Å². The van der Waals surface area contributed by atoms with Crippen LogP contribution in [0.2, 0.25) is 0 Å². The second-order valence-corrected chi connectivity index (χ2v) is 7.19. The fourth-order valence-corrected chi connectivity index (χ4v) is 3.36. The lowest BCUT2D eigenvalue weighted by Gasteiger charge is -2.09. The van der Waals surface area contributed by atoms with Crippen molar-refractivity contribution in [2.45, 2.75) is 6.67 Å². The van der Waals surface area contributed by atoms with Gasteiger partial charge in [0, 0.05) is 28.9 Å². The minimum Gasteiger partial charge on any atom is -0.497 e. The van der Waals surface area contributed by atoms with E-state index >= 15 is 0 Å². The Bertz CT molecular complexity index is 1400. The Morgan fingerprint density at radius 1 is 0.939 bits per heavy atom. The summed E-state index contributed by atoms with van der Waals surface area (Å²) < 4.78 is 29.9. The number of methoxy groups -OCH3 is 1. The topological polar surface area (TPSA) is 82.3 Å². The first kappa shape index (κ1) is 20.4. The first-order valence-corrected chi connectivity index (χ1v) is 10.2. The number of hydrogen-bond donors (Lipinski definition) is 1. The molecule has 0 saturated heterocycles.